The van der Waals surface area contributed by atoms with Crippen LogP contribution >= 0.6 is 35.3 Å². The second-order valence-corrected chi connectivity index (χ2v) is 7.77. The Morgan fingerprint density at radius 1 is 1.35 bits per heavy atom. The minimum absolute atomic E-state index is 0. The third kappa shape index (κ3) is 7.75. The van der Waals surface area contributed by atoms with Crippen molar-refractivity contribution in [1.29, 1.82) is 0 Å². The summed E-state index contributed by atoms with van der Waals surface area (Å²) < 4.78 is 43.6. The van der Waals surface area contributed by atoms with E-state index in [2.05, 4.69) is 30.5 Å². The zero-order valence-electron chi connectivity index (χ0n) is 17.3. The molecule has 1 aliphatic heterocycles. The van der Waals surface area contributed by atoms with Gasteiger partial charge in [0.15, 0.2) is 11.7 Å². The Kier molecular flexibility index (Phi) is 9.75. The van der Waals surface area contributed by atoms with Crippen LogP contribution in [0.15, 0.2) is 28.7 Å². The lowest BCUT2D eigenvalue weighted by molar-refractivity contribution is -0.140. The van der Waals surface area contributed by atoms with Crippen LogP contribution in [0, 0.1) is 0 Å². The largest absolute Gasteiger partial charge is 0.434 e. The molecule has 3 heterocycles. The van der Waals surface area contributed by atoms with Gasteiger partial charge < -0.3 is 20.3 Å². The molecule has 12 heteroatoms. The fourth-order valence-corrected chi connectivity index (χ4v) is 3.66. The molecule has 7 nitrogen and oxygen atoms in total. The average molecular weight is 570 g/mol. The number of morpholine rings is 1. The van der Waals surface area contributed by atoms with Gasteiger partial charge in [0.05, 0.1) is 25.8 Å². The van der Waals surface area contributed by atoms with Gasteiger partial charge in [-0.3, -0.25) is 0 Å². The van der Waals surface area contributed by atoms with E-state index in [1.807, 2.05) is 26.0 Å². The van der Waals surface area contributed by atoms with Crippen LogP contribution < -0.4 is 15.5 Å². The number of rotatable bonds is 6. The van der Waals surface area contributed by atoms with Gasteiger partial charge in [0.2, 0.25) is 0 Å². The normalized spacial score (nSPS) is 17.3. The molecule has 0 amide bonds. The molecule has 1 aliphatic rings. The summed E-state index contributed by atoms with van der Waals surface area (Å²) in [6.07, 6.45) is -2.45. The summed E-state index contributed by atoms with van der Waals surface area (Å²) in [7, 11) is 0. The Hall–Kier alpha value is -1.67. The van der Waals surface area contributed by atoms with E-state index in [4.69, 9.17) is 4.74 Å². The van der Waals surface area contributed by atoms with Crippen LogP contribution in [0.5, 0.6) is 0 Å². The van der Waals surface area contributed by atoms with E-state index >= 15 is 0 Å². The fraction of sp³-hybridized carbons (Fsp3) is 0.526. The number of halogens is 4. The Morgan fingerprint density at radius 2 is 2.16 bits per heavy atom. The fourth-order valence-electron chi connectivity index (χ4n) is 2.92. The van der Waals surface area contributed by atoms with Crippen molar-refractivity contribution >= 4 is 47.1 Å². The van der Waals surface area contributed by atoms with Crippen molar-refractivity contribution in [2.75, 3.05) is 31.1 Å². The van der Waals surface area contributed by atoms with E-state index in [9.17, 15) is 13.2 Å². The zero-order valence-corrected chi connectivity index (χ0v) is 20.4. The number of nitrogens with one attached hydrogen (secondary N) is 2. The second kappa shape index (κ2) is 11.8. The van der Waals surface area contributed by atoms with Gasteiger partial charge in [-0.15, -0.1) is 35.3 Å². The van der Waals surface area contributed by atoms with Crippen molar-refractivity contribution in [3.05, 3.63) is 40.0 Å². The van der Waals surface area contributed by atoms with Gasteiger partial charge >= 0.3 is 6.18 Å². The van der Waals surface area contributed by atoms with Gasteiger partial charge in [0.25, 0.3) is 0 Å². The van der Waals surface area contributed by atoms with Crippen molar-refractivity contribution in [3.63, 3.8) is 0 Å². The molecular weight excluding hydrogens is 544 g/mol. The lowest BCUT2D eigenvalue weighted by Gasteiger charge is -2.32. The summed E-state index contributed by atoms with van der Waals surface area (Å²) in [4.78, 5) is 14.8. The first-order valence-electron chi connectivity index (χ1n) is 9.70. The van der Waals surface area contributed by atoms with Crippen LogP contribution in [0.1, 0.15) is 30.1 Å². The van der Waals surface area contributed by atoms with Crippen molar-refractivity contribution in [2.24, 2.45) is 4.99 Å². The molecule has 1 unspecified atom stereocenters. The number of aliphatic imine (C=N–C) groups is 1. The summed E-state index contributed by atoms with van der Waals surface area (Å²) in [5.74, 6) is 1.42. The lowest BCUT2D eigenvalue weighted by Crippen LogP contribution is -2.41. The predicted molar refractivity (Wildman–Crippen MR) is 126 cm³/mol. The first kappa shape index (κ1) is 25.6. The minimum Gasteiger partial charge on any atom is -0.375 e. The van der Waals surface area contributed by atoms with Crippen molar-refractivity contribution in [2.45, 2.75) is 39.2 Å². The van der Waals surface area contributed by atoms with Crippen LogP contribution in [-0.2, 0) is 24.0 Å². The first-order chi connectivity index (χ1) is 14.3. The van der Waals surface area contributed by atoms with Crippen LogP contribution in [0.2, 0.25) is 0 Å². The molecule has 2 aromatic rings. The molecule has 0 spiro atoms. The molecule has 2 N–H and O–H groups in total. The SMILES string of the molecule is CCNC(=NCc1ccc(N2CCOC(C)C2)nc1)NCc1nc(C(F)(F)F)cs1.I. The van der Waals surface area contributed by atoms with Crippen LogP contribution in [0.25, 0.3) is 0 Å². The summed E-state index contributed by atoms with van der Waals surface area (Å²) >= 11 is 0.966. The van der Waals surface area contributed by atoms with E-state index in [-0.39, 0.29) is 36.6 Å². The highest BCUT2D eigenvalue weighted by Gasteiger charge is 2.33. The van der Waals surface area contributed by atoms with E-state index in [1.54, 1.807) is 6.20 Å². The van der Waals surface area contributed by atoms with Gasteiger partial charge in [-0.2, -0.15) is 13.2 Å². The lowest BCUT2D eigenvalue weighted by atomic mass is 10.2. The summed E-state index contributed by atoms with van der Waals surface area (Å²) in [6, 6.07) is 3.95. The highest BCUT2D eigenvalue weighted by Crippen LogP contribution is 2.29. The first-order valence-corrected chi connectivity index (χ1v) is 10.6. The second-order valence-electron chi connectivity index (χ2n) is 6.83. The molecule has 2 aromatic heterocycles. The number of anilines is 1. The number of thiazole rings is 1. The van der Waals surface area contributed by atoms with Crippen molar-refractivity contribution in [1.82, 2.24) is 20.6 Å². The molecule has 1 fully saturated rings. The molecule has 1 atom stereocenters. The number of nitrogens with zero attached hydrogens (tertiary/aromatic N) is 4. The Bertz CT molecular complexity index is 846. The smallest absolute Gasteiger partial charge is 0.375 e. The molecule has 1 saturated heterocycles. The molecular formula is C19H26F3IN6OS. The molecule has 172 valence electrons. The number of hydrogen-bond donors (Lipinski definition) is 2. The number of pyridine rings is 1. The van der Waals surface area contributed by atoms with Gasteiger partial charge in [-0.25, -0.2) is 15.0 Å². The molecule has 3 rings (SSSR count). The quantitative estimate of drug-likeness (QED) is 0.314. The van der Waals surface area contributed by atoms with Crippen molar-refractivity contribution < 1.29 is 17.9 Å². The summed E-state index contributed by atoms with van der Waals surface area (Å²) in [6.45, 7) is 7.47. The van der Waals surface area contributed by atoms with Crippen LogP contribution in [-0.4, -0.2) is 48.3 Å². The number of hydrogen-bond acceptors (Lipinski definition) is 6. The summed E-state index contributed by atoms with van der Waals surface area (Å²) in [5.41, 5.74) is 0.0675. The molecule has 0 radical (unpaired) electrons. The Morgan fingerprint density at radius 3 is 2.77 bits per heavy atom. The number of guanidine groups is 1. The molecule has 0 aliphatic carbocycles. The zero-order chi connectivity index (χ0) is 21.6. The molecule has 0 bridgehead atoms. The maximum atomic E-state index is 12.7. The minimum atomic E-state index is -4.42. The maximum Gasteiger partial charge on any atom is 0.434 e. The maximum absolute atomic E-state index is 12.7. The third-order valence-corrected chi connectivity index (χ3v) is 5.24. The summed E-state index contributed by atoms with van der Waals surface area (Å²) in [5, 5.41) is 7.46. The monoisotopic (exact) mass is 570 g/mol. The van der Waals surface area contributed by atoms with Gasteiger partial charge in [-0.1, -0.05) is 6.07 Å². The van der Waals surface area contributed by atoms with E-state index < -0.39 is 11.9 Å². The Balaban J connectivity index is 0.00000341. The third-order valence-electron chi connectivity index (χ3n) is 4.39. The van der Waals surface area contributed by atoms with E-state index in [0.29, 0.717) is 30.7 Å². The topological polar surface area (TPSA) is 74.7 Å². The van der Waals surface area contributed by atoms with Crippen molar-refractivity contribution in [3.8, 4) is 0 Å². The van der Waals surface area contributed by atoms with Gasteiger partial charge in [-0.05, 0) is 25.5 Å². The number of aromatic nitrogens is 2. The standard InChI is InChI=1S/C19H25F3N6OS.HI/c1-3-23-18(26-10-17-27-15(12-30-17)19(20,21)22)25-9-14-4-5-16(24-8-14)28-6-7-29-13(2)11-28;/h4-5,8,12-13H,3,6-7,9-11H2,1-2H3,(H2,23,25,26);1H. The molecule has 31 heavy (non-hydrogen) atoms. The number of alkyl halides is 3. The van der Waals surface area contributed by atoms with Gasteiger partial charge in [0, 0.05) is 31.2 Å². The highest BCUT2D eigenvalue weighted by molar-refractivity contribution is 14.0. The van der Waals surface area contributed by atoms with Crippen LogP contribution in [0.3, 0.4) is 0 Å². The predicted octanol–water partition coefficient (Wildman–Crippen LogP) is 3.66. The molecule has 0 aromatic carbocycles. The Labute approximate surface area is 200 Å². The number of ether oxygens (including phenoxy) is 1. The van der Waals surface area contributed by atoms with Crippen LogP contribution in [0.4, 0.5) is 19.0 Å². The van der Waals surface area contributed by atoms with Gasteiger partial charge in [0.1, 0.15) is 10.8 Å². The van der Waals surface area contributed by atoms with E-state index in [0.717, 1.165) is 41.2 Å². The van der Waals surface area contributed by atoms with E-state index in [1.165, 1.54) is 0 Å². The average Bonchev–Trinajstić information content (AvgIpc) is 3.20. The molecule has 0 saturated carbocycles. The highest BCUT2D eigenvalue weighted by atomic mass is 127.